The minimum atomic E-state index is 0.347. The Kier molecular flexibility index (Phi) is 4.12. The van der Waals surface area contributed by atoms with Gasteiger partial charge in [-0.3, -0.25) is 0 Å². The first-order valence-corrected chi connectivity index (χ1v) is 6.91. The topological polar surface area (TPSA) is 0 Å². The number of hydrogen-bond donors (Lipinski definition) is 0. The van der Waals surface area contributed by atoms with Crippen molar-refractivity contribution in [1.29, 1.82) is 0 Å². The molecule has 0 nitrogen and oxygen atoms in total. The summed E-state index contributed by atoms with van der Waals surface area (Å²) in [6, 6.07) is 8.64. The van der Waals surface area contributed by atoms with Crippen LogP contribution in [0, 0.1) is 17.8 Å². The molecule has 1 aromatic carbocycles. The largest absolute Gasteiger partial charge is 0.125 e. The zero-order valence-electron chi connectivity index (χ0n) is 11.4. The average Bonchev–Trinajstić information content (AvgIpc) is 2.15. The number of thioether (sulfide) groups is 1. The summed E-state index contributed by atoms with van der Waals surface area (Å²) in [7, 11) is 0. The molecule has 0 N–H and O–H groups in total. The zero-order chi connectivity index (χ0) is 12.4. The maximum atomic E-state index is 2.36. The molecule has 0 heterocycles. The van der Waals surface area contributed by atoms with E-state index >= 15 is 0 Å². The van der Waals surface area contributed by atoms with Crippen molar-refractivity contribution >= 4 is 11.8 Å². The van der Waals surface area contributed by atoms with Crippen LogP contribution < -0.4 is 0 Å². The van der Waals surface area contributed by atoms with Crippen LogP contribution in [0.5, 0.6) is 0 Å². The fourth-order valence-corrected chi connectivity index (χ4v) is 2.61. The first kappa shape index (κ1) is 13.6. The summed E-state index contributed by atoms with van der Waals surface area (Å²) in [5.41, 5.74) is 2.08. The van der Waals surface area contributed by atoms with Gasteiger partial charge < -0.3 is 0 Å². The minimum Gasteiger partial charge on any atom is -0.125 e. The molecule has 0 saturated heterocycles. The van der Waals surface area contributed by atoms with Crippen LogP contribution in [-0.2, 0) is 0 Å². The molecule has 0 aliphatic rings. The first-order valence-electron chi connectivity index (χ1n) is 5.92. The van der Waals surface area contributed by atoms with Crippen molar-refractivity contribution in [3.63, 3.8) is 0 Å². The van der Waals surface area contributed by atoms with E-state index in [0.717, 1.165) is 0 Å². The molecule has 1 aromatic rings. The highest BCUT2D eigenvalue weighted by molar-refractivity contribution is 7.99. The predicted octanol–water partition coefficient (Wildman–Crippen LogP) is 5.16. The molecule has 16 heavy (non-hydrogen) atoms. The van der Waals surface area contributed by atoms with Crippen molar-refractivity contribution in [3.05, 3.63) is 29.8 Å². The fraction of sp³-hybridized carbons (Fsp3) is 0.600. The lowest BCUT2D eigenvalue weighted by atomic mass is 9.71. The van der Waals surface area contributed by atoms with E-state index in [2.05, 4.69) is 65.8 Å². The smallest absolute Gasteiger partial charge is 0.0101 e. The zero-order valence-corrected chi connectivity index (χ0v) is 12.2. The molecule has 0 radical (unpaired) electrons. The molecular formula is C15H24S. The molecule has 0 saturated carbocycles. The average molecular weight is 236 g/mol. The summed E-state index contributed by atoms with van der Waals surface area (Å²) in [4.78, 5) is 1.42. The molecular weight excluding hydrogens is 212 g/mol. The van der Waals surface area contributed by atoms with Gasteiger partial charge in [-0.25, -0.2) is 0 Å². The second-order valence-electron chi connectivity index (χ2n) is 6.19. The quantitative estimate of drug-likeness (QED) is 0.653. The van der Waals surface area contributed by atoms with Gasteiger partial charge in [0.1, 0.15) is 0 Å². The molecule has 0 aliphatic heterocycles. The van der Waals surface area contributed by atoms with Crippen LogP contribution in [0.25, 0.3) is 0 Å². The van der Waals surface area contributed by atoms with E-state index in [9.17, 15) is 0 Å². The van der Waals surface area contributed by atoms with Gasteiger partial charge in [0.25, 0.3) is 0 Å². The van der Waals surface area contributed by atoms with Gasteiger partial charge in [0.15, 0.2) is 0 Å². The SMILES string of the molecule is Cc1ccccc1SCC(C)(C)C(C)(C)C. The summed E-state index contributed by atoms with van der Waals surface area (Å²) in [5, 5.41) is 0. The van der Waals surface area contributed by atoms with Crippen LogP contribution in [0.4, 0.5) is 0 Å². The van der Waals surface area contributed by atoms with Crippen molar-refractivity contribution in [2.24, 2.45) is 10.8 Å². The second-order valence-corrected chi connectivity index (χ2v) is 7.21. The van der Waals surface area contributed by atoms with Gasteiger partial charge in [0.2, 0.25) is 0 Å². The van der Waals surface area contributed by atoms with E-state index in [-0.39, 0.29) is 0 Å². The standard InChI is InChI=1S/C15H24S/c1-12-9-7-8-10-13(12)16-11-15(5,6)14(2,3)4/h7-10H,11H2,1-6H3. The minimum absolute atomic E-state index is 0.347. The van der Waals surface area contributed by atoms with Crippen LogP contribution >= 0.6 is 11.8 Å². The van der Waals surface area contributed by atoms with Crippen molar-refractivity contribution in [1.82, 2.24) is 0 Å². The monoisotopic (exact) mass is 236 g/mol. The van der Waals surface area contributed by atoms with E-state index in [4.69, 9.17) is 0 Å². The van der Waals surface area contributed by atoms with E-state index in [1.54, 1.807) is 0 Å². The number of rotatable bonds is 3. The van der Waals surface area contributed by atoms with E-state index in [1.807, 2.05) is 11.8 Å². The third-order valence-corrected chi connectivity index (χ3v) is 5.35. The third-order valence-electron chi connectivity index (χ3n) is 3.71. The summed E-state index contributed by atoms with van der Waals surface area (Å²) in [6.45, 7) is 13.9. The van der Waals surface area contributed by atoms with Crippen molar-refractivity contribution < 1.29 is 0 Å². The van der Waals surface area contributed by atoms with Gasteiger partial charge in [0.05, 0.1) is 0 Å². The highest BCUT2D eigenvalue weighted by atomic mass is 32.2. The summed E-state index contributed by atoms with van der Waals surface area (Å²) >= 11 is 1.98. The molecule has 0 fully saturated rings. The lowest BCUT2D eigenvalue weighted by Crippen LogP contribution is -2.31. The predicted molar refractivity (Wildman–Crippen MR) is 75.1 cm³/mol. The number of aryl methyl sites for hydroxylation is 1. The number of benzene rings is 1. The molecule has 0 spiro atoms. The summed E-state index contributed by atoms with van der Waals surface area (Å²) in [6.07, 6.45) is 0. The van der Waals surface area contributed by atoms with Crippen LogP contribution in [-0.4, -0.2) is 5.75 Å². The highest BCUT2D eigenvalue weighted by Crippen LogP contribution is 2.42. The Balaban J connectivity index is 2.69. The summed E-state index contributed by atoms with van der Waals surface area (Å²) in [5.74, 6) is 1.17. The Morgan fingerprint density at radius 2 is 1.56 bits per heavy atom. The van der Waals surface area contributed by atoms with E-state index < -0.39 is 0 Å². The summed E-state index contributed by atoms with van der Waals surface area (Å²) < 4.78 is 0. The third kappa shape index (κ3) is 3.28. The Bertz CT molecular complexity index is 345. The first-order chi connectivity index (χ1) is 7.24. The molecule has 1 rings (SSSR count). The van der Waals surface area contributed by atoms with Crippen LogP contribution in [0.3, 0.4) is 0 Å². The molecule has 0 aliphatic carbocycles. The molecule has 0 bridgehead atoms. The second kappa shape index (κ2) is 4.83. The lowest BCUT2D eigenvalue weighted by Gasteiger charge is -2.38. The van der Waals surface area contributed by atoms with Gasteiger partial charge >= 0.3 is 0 Å². The lowest BCUT2D eigenvalue weighted by molar-refractivity contribution is 0.162. The van der Waals surface area contributed by atoms with Gasteiger partial charge in [-0.15, -0.1) is 11.8 Å². The Hall–Kier alpha value is -0.430. The molecule has 0 atom stereocenters. The Morgan fingerprint density at radius 1 is 1.00 bits per heavy atom. The van der Waals surface area contributed by atoms with Crippen molar-refractivity contribution in [2.45, 2.75) is 46.4 Å². The van der Waals surface area contributed by atoms with Crippen molar-refractivity contribution in [3.8, 4) is 0 Å². The maximum absolute atomic E-state index is 2.36. The van der Waals surface area contributed by atoms with E-state index in [1.165, 1.54) is 16.2 Å². The van der Waals surface area contributed by atoms with Crippen molar-refractivity contribution in [2.75, 3.05) is 5.75 Å². The fourth-order valence-electron chi connectivity index (χ4n) is 1.19. The van der Waals surface area contributed by atoms with Gasteiger partial charge in [0, 0.05) is 10.6 Å². The number of hydrogen-bond acceptors (Lipinski definition) is 1. The van der Waals surface area contributed by atoms with Crippen LogP contribution in [0.2, 0.25) is 0 Å². The molecule has 0 aromatic heterocycles. The van der Waals surface area contributed by atoms with Crippen LogP contribution in [0.15, 0.2) is 29.2 Å². The van der Waals surface area contributed by atoms with Gasteiger partial charge in [-0.05, 0) is 29.4 Å². The normalized spacial score (nSPS) is 12.9. The molecule has 0 amide bonds. The van der Waals surface area contributed by atoms with E-state index in [0.29, 0.717) is 10.8 Å². The highest BCUT2D eigenvalue weighted by Gasteiger charge is 2.32. The van der Waals surface area contributed by atoms with Gasteiger partial charge in [-0.1, -0.05) is 52.8 Å². The molecule has 90 valence electrons. The van der Waals surface area contributed by atoms with Gasteiger partial charge in [-0.2, -0.15) is 0 Å². The maximum Gasteiger partial charge on any atom is 0.0101 e. The Morgan fingerprint density at radius 3 is 2.06 bits per heavy atom. The Labute approximate surface area is 105 Å². The van der Waals surface area contributed by atoms with Crippen LogP contribution in [0.1, 0.15) is 40.2 Å². The molecule has 1 heteroatoms. The molecule has 0 unspecified atom stereocenters.